The molecule has 1 N–H and O–H groups in total. The molecule has 0 aromatic heterocycles. The van der Waals surface area contributed by atoms with Crippen LogP contribution in [0.15, 0.2) is 25.3 Å². The van der Waals surface area contributed by atoms with Crippen LogP contribution in [-0.4, -0.2) is 82.3 Å². The summed E-state index contributed by atoms with van der Waals surface area (Å²) in [6.07, 6.45) is 7.16. The van der Waals surface area contributed by atoms with Gasteiger partial charge in [-0.2, -0.15) is 0 Å². The number of esters is 1. The van der Waals surface area contributed by atoms with Crippen LogP contribution in [-0.2, 0) is 23.9 Å². The van der Waals surface area contributed by atoms with Crippen molar-refractivity contribution in [1.29, 1.82) is 0 Å². The molecule has 8 heteroatoms. The molecule has 0 aliphatic carbocycles. The second kappa shape index (κ2) is 11.9. The number of hydrogen-bond acceptors (Lipinski definition) is 6. The third-order valence-corrected chi connectivity index (χ3v) is 7.87. The zero-order valence-corrected chi connectivity index (χ0v) is 22.4. The SMILES string of the molecule is C=CCCCCOC(=O)[C@@H]1[C@H]2C(=O)N([C@@H](CO)CC(C)C)C(C(=O)N(CC=C)C(C)C)C23CC[C@H]1O3. The molecule has 3 fully saturated rings. The lowest BCUT2D eigenvalue weighted by Crippen LogP contribution is -2.59. The van der Waals surface area contributed by atoms with Crippen LogP contribution >= 0.6 is 0 Å². The fourth-order valence-corrected chi connectivity index (χ4v) is 6.36. The first-order valence-electron chi connectivity index (χ1n) is 13.4. The standard InChI is InChI=1S/C28H44N2O6/c1-7-9-10-11-15-35-27(34)22-21-12-13-28(36-21)23(22)25(32)30(20(17-31)16-18(3)4)24(28)26(33)29(14-8-2)19(5)6/h7-8,18-24,31H,1-2,9-17H2,3-6H3/t20-,21-,22+,23+,24?,28?/m1/s1. The molecule has 3 saturated heterocycles. The lowest BCUT2D eigenvalue weighted by atomic mass is 9.70. The number of carbonyl (C=O) groups is 3. The lowest BCUT2D eigenvalue weighted by Gasteiger charge is -2.40. The Morgan fingerprint density at radius 2 is 1.97 bits per heavy atom. The minimum absolute atomic E-state index is 0.115. The molecule has 202 valence electrons. The van der Waals surface area contributed by atoms with Crippen molar-refractivity contribution in [2.24, 2.45) is 17.8 Å². The average Bonchev–Trinajstić information content (AvgIpc) is 3.47. The number of amides is 2. The molecule has 0 aromatic rings. The fraction of sp³-hybridized carbons (Fsp3) is 0.750. The zero-order valence-electron chi connectivity index (χ0n) is 22.4. The highest BCUT2D eigenvalue weighted by Crippen LogP contribution is 2.59. The van der Waals surface area contributed by atoms with Crippen LogP contribution in [0.5, 0.6) is 0 Å². The van der Waals surface area contributed by atoms with E-state index >= 15 is 0 Å². The topological polar surface area (TPSA) is 96.4 Å². The molecule has 8 nitrogen and oxygen atoms in total. The van der Waals surface area contributed by atoms with Crippen molar-refractivity contribution < 1.29 is 29.0 Å². The summed E-state index contributed by atoms with van der Waals surface area (Å²) in [6, 6.07) is -1.55. The van der Waals surface area contributed by atoms with Crippen molar-refractivity contribution in [2.45, 2.75) is 96.1 Å². The molecular formula is C28H44N2O6. The van der Waals surface area contributed by atoms with E-state index in [4.69, 9.17) is 9.47 Å². The van der Waals surface area contributed by atoms with Gasteiger partial charge in [0.05, 0.1) is 37.2 Å². The number of nitrogens with zero attached hydrogens (tertiary/aromatic N) is 2. The molecule has 36 heavy (non-hydrogen) atoms. The summed E-state index contributed by atoms with van der Waals surface area (Å²) in [5.41, 5.74) is -1.09. The van der Waals surface area contributed by atoms with Gasteiger partial charge in [0.25, 0.3) is 0 Å². The molecule has 0 aromatic carbocycles. The molecule has 0 saturated carbocycles. The number of aliphatic hydroxyl groups is 1. The van der Waals surface area contributed by atoms with Crippen molar-refractivity contribution in [1.82, 2.24) is 9.80 Å². The number of ether oxygens (including phenoxy) is 2. The Morgan fingerprint density at radius 3 is 2.56 bits per heavy atom. The number of unbranched alkanes of at least 4 members (excludes halogenated alkanes) is 2. The molecule has 3 aliphatic rings. The minimum atomic E-state index is -1.09. The van der Waals surface area contributed by atoms with E-state index in [1.807, 2.05) is 33.8 Å². The van der Waals surface area contributed by atoms with Gasteiger partial charge in [0.15, 0.2) is 0 Å². The first-order valence-corrected chi connectivity index (χ1v) is 13.4. The Hall–Kier alpha value is -2.19. The predicted molar refractivity (Wildman–Crippen MR) is 137 cm³/mol. The first kappa shape index (κ1) is 28.4. The summed E-state index contributed by atoms with van der Waals surface area (Å²) in [4.78, 5) is 44.7. The highest BCUT2D eigenvalue weighted by atomic mass is 16.6. The van der Waals surface area contributed by atoms with Crippen LogP contribution in [0.2, 0.25) is 0 Å². The molecule has 3 rings (SSSR count). The molecule has 3 aliphatic heterocycles. The maximum atomic E-state index is 14.1. The van der Waals surface area contributed by atoms with E-state index in [2.05, 4.69) is 13.2 Å². The number of likely N-dealkylation sites (tertiary alicyclic amines) is 1. The summed E-state index contributed by atoms with van der Waals surface area (Å²) in [6.45, 7) is 15.8. The van der Waals surface area contributed by atoms with Gasteiger partial charge in [0.2, 0.25) is 11.8 Å². The number of rotatable bonds is 14. The molecule has 0 radical (unpaired) electrons. The normalized spacial score (nSPS) is 29.5. The molecular weight excluding hydrogens is 460 g/mol. The Labute approximate surface area is 215 Å². The molecule has 2 unspecified atom stereocenters. The fourth-order valence-electron chi connectivity index (χ4n) is 6.36. The van der Waals surface area contributed by atoms with Crippen molar-refractivity contribution in [3.8, 4) is 0 Å². The first-order chi connectivity index (χ1) is 17.1. The number of aliphatic hydroxyl groups excluding tert-OH is 1. The van der Waals surface area contributed by atoms with Gasteiger partial charge in [0, 0.05) is 12.6 Å². The van der Waals surface area contributed by atoms with E-state index in [1.165, 1.54) is 0 Å². The van der Waals surface area contributed by atoms with Crippen LogP contribution < -0.4 is 0 Å². The number of fused-ring (bicyclic) bond motifs is 1. The van der Waals surface area contributed by atoms with Crippen LogP contribution in [0.25, 0.3) is 0 Å². The quantitative estimate of drug-likeness (QED) is 0.222. The van der Waals surface area contributed by atoms with Crippen LogP contribution in [0.4, 0.5) is 0 Å². The van der Waals surface area contributed by atoms with Gasteiger partial charge in [-0.3, -0.25) is 14.4 Å². The molecule has 2 amide bonds. The van der Waals surface area contributed by atoms with Crippen LogP contribution in [0, 0.1) is 17.8 Å². The molecule has 2 bridgehead atoms. The van der Waals surface area contributed by atoms with Crippen LogP contribution in [0.1, 0.15) is 66.2 Å². The van der Waals surface area contributed by atoms with Crippen LogP contribution in [0.3, 0.4) is 0 Å². The Balaban J connectivity index is 1.97. The van der Waals surface area contributed by atoms with E-state index in [0.717, 1.165) is 19.3 Å². The smallest absolute Gasteiger partial charge is 0.312 e. The zero-order chi connectivity index (χ0) is 26.6. The van der Waals surface area contributed by atoms with E-state index in [1.54, 1.807) is 15.9 Å². The largest absolute Gasteiger partial charge is 0.465 e. The number of hydrogen-bond donors (Lipinski definition) is 1. The second-order valence-corrected chi connectivity index (χ2v) is 11.1. The average molecular weight is 505 g/mol. The molecule has 1 spiro atoms. The summed E-state index contributed by atoms with van der Waals surface area (Å²) in [7, 11) is 0. The minimum Gasteiger partial charge on any atom is -0.465 e. The number of allylic oxidation sites excluding steroid dienone is 1. The van der Waals surface area contributed by atoms with Gasteiger partial charge < -0.3 is 24.4 Å². The van der Waals surface area contributed by atoms with Crippen molar-refractivity contribution in [3.63, 3.8) is 0 Å². The van der Waals surface area contributed by atoms with Gasteiger partial charge in [-0.25, -0.2) is 0 Å². The van der Waals surface area contributed by atoms with E-state index in [-0.39, 0.29) is 37.0 Å². The summed E-state index contributed by atoms with van der Waals surface area (Å²) >= 11 is 0. The highest BCUT2D eigenvalue weighted by molar-refractivity contribution is 5.98. The molecule has 3 heterocycles. The highest BCUT2D eigenvalue weighted by Gasteiger charge is 2.75. The number of carbonyl (C=O) groups excluding carboxylic acids is 3. The van der Waals surface area contributed by atoms with Crippen molar-refractivity contribution in [2.75, 3.05) is 19.8 Å². The predicted octanol–water partition coefficient (Wildman–Crippen LogP) is 3.09. The maximum Gasteiger partial charge on any atom is 0.312 e. The van der Waals surface area contributed by atoms with Gasteiger partial charge in [0.1, 0.15) is 11.6 Å². The molecule has 6 atom stereocenters. The van der Waals surface area contributed by atoms with E-state index in [9.17, 15) is 19.5 Å². The van der Waals surface area contributed by atoms with Gasteiger partial charge in [-0.1, -0.05) is 26.0 Å². The summed E-state index contributed by atoms with van der Waals surface area (Å²) in [5.74, 6) is -2.26. The second-order valence-electron chi connectivity index (χ2n) is 11.1. The van der Waals surface area contributed by atoms with Crippen molar-refractivity contribution in [3.05, 3.63) is 25.3 Å². The third kappa shape index (κ3) is 5.12. The van der Waals surface area contributed by atoms with Crippen molar-refractivity contribution >= 4 is 17.8 Å². The van der Waals surface area contributed by atoms with Gasteiger partial charge in [-0.05, 0) is 58.3 Å². The third-order valence-electron chi connectivity index (χ3n) is 7.87. The maximum absolute atomic E-state index is 14.1. The van der Waals surface area contributed by atoms with E-state index in [0.29, 0.717) is 25.8 Å². The lowest BCUT2D eigenvalue weighted by molar-refractivity contribution is -0.157. The van der Waals surface area contributed by atoms with E-state index < -0.39 is 41.6 Å². The monoisotopic (exact) mass is 504 g/mol. The Kier molecular flexibility index (Phi) is 9.39. The Bertz CT molecular complexity index is 842. The van der Waals surface area contributed by atoms with Gasteiger partial charge >= 0.3 is 5.97 Å². The Morgan fingerprint density at radius 1 is 1.25 bits per heavy atom. The van der Waals surface area contributed by atoms with Gasteiger partial charge in [-0.15, -0.1) is 13.2 Å². The summed E-state index contributed by atoms with van der Waals surface area (Å²) < 4.78 is 12.1. The summed E-state index contributed by atoms with van der Waals surface area (Å²) in [5, 5.41) is 10.3.